The van der Waals surface area contributed by atoms with Gasteiger partial charge in [0.15, 0.2) is 5.75 Å². The van der Waals surface area contributed by atoms with Gasteiger partial charge in [0.2, 0.25) is 0 Å². The summed E-state index contributed by atoms with van der Waals surface area (Å²) < 4.78 is 7.48. The smallest absolute Gasteiger partial charge is 0.308 e. The molecule has 0 aliphatic carbocycles. The second-order valence-electron chi connectivity index (χ2n) is 2.42. The van der Waals surface area contributed by atoms with E-state index in [0.717, 1.165) is 9.39 Å². The molecule has 1 aromatic rings. The van der Waals surface area contributed by atoms with Crippen LogP contribution in [0.1, 0.15) is 12.6 Å². The van der Waals surface area contributed by atoms with E-state index in [1.165, 1.54) is 6.92 Å². The molecule has 0 bridgehead atoms. The predicted molar refractivity (Wildman–Crippen MR) is 52.0 cm³/mol. The van der Waals surface area contributed by atoms with Crippen LogP contribution in [0.4, 0.5) is 0 Å². The number of aryl methyl sites for hydroxylation is 2. The minimum atomic E-state index is -0.316. The standard InChI is InChI=1S/C7H9IN2O2/c1-4-6(12-5(2)11)7(8)10(3)9-4/h1-3H3. The molecule has 0 atom stereocenters. The number of carbonyl (C=O) groups excluding carboxylic acids is 1. The van der Waals surface area contributed by atoms with Gasteiger partial charge in [-0.25, -0.2) is 0 Å². The van der Waals surface area contributed by atoms with Crippen LogP contribution in [0.5, 0.6) is 5.75 Å². The maximum atomic E-state index is 10.7. The third-order valence-electron chi connectivity index (χ3n) is 1.35. The van der Waals surface area contributed by atoms with E-state index >= 15 is 0 Å². The highest BCUT2D eigenvalue weighted by molar-refractivity contribution is 14.1. The Labute approximate surface area is 84.0 Å². The zero-order chi connectivity index (χ0) is 9.30. The van der Waals surface area contributed by atoms with Crippen LogP contribution in [0, 0.1) is 10.6 Å². The first-order chi connectivity index (χ1) is 5.52. The van der Waals surface area contributed by atoms with Crippen molar-refractivity contribution >= 4 is 28.6 Å². The van der Waals surface area contributed by atoms with E-state index in [1.54, 1.807) is 11.6 Å². The monoisotopic (exact) mass is 280 g/mol. The third-order valence-corrected chi connectivity index (χ3v) is 2.53. The second kappa shape index (κ2) is 3.42. The summed E-state index contributed by atoms with van der Waals surface area (Å²) in [4.78, 5) is 10.7. The SMILES string of the molecule is CC(=O)Oc1c(C)nn(C)c1I. The lowest BCUT2D eigenvalue weighted by molar-refractivity contribution is -0.131. The Morgan fingerprint density at radius 1 is 1.67 bits per heavy atom. The highest BCUT2D eigenvalue weighted by Gasteiger charge is 2.13. The van der Waals surface area contributed by atoms with Crippen LogP contribution < -0.4 is 4.74 Å². The Morgan fingerprint density at radius 3 is 2.58 bits per heavy atom. The first kappa shape index (κ1) is 9.50. The van der Waals surface area contributed by atoms with Crippen LogP contribution in [-0.4, -0.2) is 15.7 Å². The molecule has 1 heterocycles. The summed E-state index contributed by atoms with van der Waals surface area (Å²) in [5, 5.41) is 4.10. The van der Waals surface area contributed by atoms with Crippen molar-refractivity contribution in [2.45, 2.75) is 13.8 Å². The topological polar surface area (TPSA) is 44.1 Å². The molecule has 4 nitrogen and oxygen atoms in total. The Balaban J connectivity index is 3.05. The van der Waals surface area contributed by atoms with Gasteiger partial charge in [-0.3, -0.25) is 9.48 Å². The minimum Gasteiger partial charge on any atom is -0.422 e. The molecule has 66 valence electrons. The van der Waals surface area contributed by atoms with Gasteiger partial charge in [0.1, 0.15) is 9.39 Å². The molecule has 1 aromatic heterocycles. The van der Waals surface area contributed by atoms with Crippen LogP contribution >= 0.6 is 22.6 Å². The van der Waals surface area contributed by atoms with E-state index in [0.29, 0.717) is 5.75 Å². The number of carbonyl (C=O) groups is 1. The van der Waals surface area contributed by atoms with Crippen LogP contribution in [0.2, 0.25) is 0 Å². The molecule has 0 saturated carbocycles. The van der Waals surface area contributed by atoms with E-state index in [4.69, 9.17) is 4.74 Å². The van der Waals surface area contributed by atoms with E-state index in [9.17, 15) is 4.79 Å². The lowest BCUT2D eigenvalue weighted by Crippen LogP contribution is -2.03. The normalized spacial score (nSPS) is 10.0. The molecule has 0 fully saturated rings. The Morgan fingerprint density at radius 2 is 2.25 bits per heavy atom. The largest absolute Gasteiger partial charge is 0.422 e. The molecule has 0 spiro atoms. The number of esters is 1. The number of ether oxygens (including phenoxy) is 1. The molecule has 1 rings (SSSR count). The van der Waals surface area contributed by atoms with Crippen LogP contribution in [0.25, 0.3) is 0 Å². The van der Waals surface area contributed by atoms with Crippen molar-refractivity contribution in [1.29, 1.82) is 0 Å². The molecule has 0 aromatic carbocycles. The number of nitrogens with zero attached hydrogens (tertiary/aromatic N) is 2. The summed E-state index contributed by atoms with van der Waals surface area (Å²) in [6.45, 7) is 3.18. The van der Waals surface area contributed by atoms with E-state index in [1.807, 2.05) is 7.05 Å². The van der Waals surface area contributed by atoms with Crippen LogP contribution in [0.15, 0.2) is 0 Å². The maximum Gasteiger partial charge on any atom is 0.308 e. The zero-order valence-corrected chi connectivity index (χ0v) is 9.25. The molecule has 0 aliphatic heterocycles. The Bertz CT molecular complexity index is 319. The van der Waals surface area contributed by atoms with Gasteiger partial charge in [0.05, 0.1) is 0 Å². The van der Waals surface area contributed by atoms with Crippen molar-refractivity contribution in [1.82, 2.24) is 9.78 Å². The molecule has 0 saturated heterocycles. The molecular formula is C7H9IN2O2. The average Bonchev–Trinajstić information content (AvgIpc) is 2.16. The number of rotatable bonds is 1. The maximum absolute atomic E-state index is 10.7. The highest BCUT2D eigenvalue weighted by atomic mass is 127. The van der Waals surface area contributed by atoms with Gasteiger partial charge < -0.3 is 4.74 Å². The Hall–Kier alpha value is -0.590. The van der Waals surface area contributed by atoms with Crippen molar-refractivity contribution in [2.24, 2.45) is 7.05 Å². The summed E-state index contributed by atoms with van der Waals surface area (Å²) in [5.41, 5.74) is 0.733. The number of hydrogen-bond acceptors (Lipinski definition) is 3. The molecule has 0 N–H and O–H groups in total. The lowest BCUT2D eigenvalue weighted by Gasteiger charge is -1.98. The van der Waals surface area contributed by atoms with Gasteiger partial charge in [-0.05, 0) is 29.5 Å². The lowest BCUT2D eigenvalue weighted by atomic mass is 10.4. The average molecular weight is 280 g/mol. The minimum absolute atomic E-state index is 0.316. The van der Waals surface area contributed by atoms with Crippen molar-refractivity contribution < 1.29 is 9.53 Å². The summed E-state index contributed by atoms with van der Waals surface area (Å²) in [7, 11) is 1.81. The molecule has 0 aliphatic rings. The van der Waals surface area contributed by atoms with Crippen molar-refractivity contribution in [3.63, 3.8) is 0 Å². The van der Waals surface area contributed by atoms with Crippen molar-refractivity contribution in [3.05, 3.63) is 9.39 Å². The van der Waals surface area contributed by atoms with Gasteiger partial charge in [-0.1, -0.05) is 0 Å². The molecule has 0 amide bonds. The Kier molecular flexibility index (Phi) is 2.71. The fourth-order valence-electron chi connectivity index (χ4n) is 0.870. The zero-order valence-electron chi connectivity index (χ0n) is 7.09. The van der Waals surface area contributed by atoms with Gasteiger partial charge in [-0.2, -0.15) is 5.10 Å². The van der Waals surface area contributed by atoms with Crippen LogP contribution in [0.3, 0.4) is 0 Å². The quantitative estimate of drug-likeness (QED) is 0.574. The van der Waals surface area contributed by atoms with E-state index < -0.39 is 0 Å². The third kappa shape index (κ3) is 1.77. The van der Waals surface area contributed by atoms with E-state index in [-0.39, 0.29) is 5.97 Å². The number of halogens is 1. The fraction of sp³-hybridized carbons (Fsp3) is 0.429. The first-order valence-electron chi connectivity index (χ1n) is 3.40. The molecule has 12 heavy (non-hydrogen) atoms. The van der Waals surface area contributed by atoms with Gasteiger partial charge >= 0.3 is 5.97 Å². The van der Waals surface area contributed by atoms with Crippen molar-refractivity contribution in [2.75, 3.05) is 0 Å². The highest BCUT2D eigenvalue weighted by Crippen LogP contribution is 2.23. The molecule has 5 heteroatoms. The van der Waals surface area contributed by atoms with Gasteiger partial charge in [0, 0.05) is 14.0 Å². The van der Waals surface area contributed by atoms with Gasteiger partial charge in [0.25, 0.3) is 0 Å². The molecular weight excluding hydrogens is 271 g/mol. The number of hydrogen-bond donors (Lipinski definition) is 0. The van der Waals surface area contributed by atoms with Crippen molar-refractivity contribution in [3.8, 4) is 5.75 Å². The number of aromatic nitrogens is 2. The molecule has 0 radical (unpaired) electrons. The van der Waals surface area contributed by atoms with Crippen LogP contribution in [-0.2, 0) is 11.8 Å². The van der Waals surface area contributed by atoms with Gasteiger partial charge in [-0.15, -0.1) is 0 Å². The second-order valence-corrected chi connectivity index (χ2v) is 3.44. The first-order valence-corrected chi connectivity index (χ1v) is 4.47. The fourth-order valence-corrected chi connectivity index (χ4v) is 1.48. The summed E-state index contributed by atoms with van der Waals surface area (Å²) >= 11 is 2.08. The summed E-state index contributed by atoms with van der Waals surface area (Å²) in [6.07, 6.45) is 0. The summed E-state index contributed by atoms with van der Waals surface area (Å²) in [5.74, 6) is 0.245. The molecule has 0 unspecified atom stereocenters. The summed E-state index contributed by atoms with van der Waals surface area (Å²) in [6, 6.07) is 0. The van der Waals surface area contributed by atoms with E-state index in [2.05, 4.69) is 27.7 Å². The predicted octanol–water partition coefficient (Wildman–Crippen LogP) is 1.26.